The highest BCUT2D eigenvalue weighted by Gasteiger charge is 2.46. The maximum absolute atomic E-state index is 12.5. The highest BCUT2D eigenvalue weighted by Crippen LogP contribution is 2.39. The average Bonchev–Trinajstić information content (AvgIpc) is 3.23. The summed E-state index contributed by atoms with van der Waals surface area (Å²) >= 11 is 5.65. The Hall–Kier alpha value is -0.720. The molecule has 0 unspecified atom stereocenters. The molecule has 0 N–H and O–H groups in total. The third-order valence-corrected chi connectivity index (χ3v) is 6.12. The molecule has 5 nitrogen and oxygen atoms in total. The molecule has 122 valence electrons. The molecule has 2 aliphatic carbocycles. The van der Waals surface area contributed by atoms with Crippen LogP contribution in [-0.4, -0.2) is 58.4 Å². The quantitative estimate of drug-likeness (QED) is 0.727. The number of carbonyl (C=O) groups excluding carboxylic acids is 1. The lowest BCUT2D eigenvalue weighted by Crippen LogP contribution is -2.47. The number of thiocarbonyl (C=S) groups is 1. The van der Waals surface area contributed by atoms with Crippen molar-refractivity contribution in [2.24, 2.45) is 0 Å². The van der Waals surface area contributed by atoms with Crippen LogP contribution in [0.2, 0.25) is 0 Å². The lowest BCUT2D eigenvalue weighted by molar-refractivity contribution is -0.182. The number of ether oxygens (including phenoxy) is 2. The highest BCUT2D eigenvalue weighted by atomic mass is 32.1. The van der Waals surface area contributed by atoms with Gasteiger partial charge in [-0.3, -0.25) is 9.69 Å². The van der Waals surface area contributed by atoms with E-state index < -0.39 is 0 Å². The van der Waals surface area contributed by atoms with E-state index in [0.29, 0.717) is 25.8 Å². The zero-order valence-corrected chi connectivity index (χ0v) is 13.8. The minimum absolute atomic E-state index is 0.186. The van der Waals surface area contributed by atoms with Gasteiger partial charge >= 0.3 is 0 Å². The van der Waals surface area contributed by atoms with Crippen LogP contribution >= 0.6 is 12.2 Å². The minimum atomic E-state index is -0.369. The van der Waals surface area contributed by atoms with Crippen molar-refractivity contribution in [1.82, 2.24) is 9.80 Å². The molecule has 22 heavy (non-hydrogen) atoms. The zero-order chi connectivity index (χ0) is 15.2. The van der Waals surface area contributed by atoms with Crippen molar-refractivity contribution in [2.75, 3.05) is 19.8 Å². The number of hydrogen-bond donors (Lipinski definition) is 0. The van der Waals surface area contributed by atoms with Gasteiger partial charge in [-0.1, -0.05) is 12.8 Å². The van der Waals surface area contributed by atoms with Crippen molar-refractivity contribution in [1.29, 1.82) is 0 Å². The predicted molar refractivity (Wildman–Crippen MR) is 85.3 cm³/mol. The Morgan fingerprint density at radius 2 is 1.64 bits per heavy atom. The number of nitrogens with zero attached hydrogens (tertiary/aromatic N) is 2. The Kier molecular flexibility index (Phi) is 3.86. The van der Waals surface area contributed by atoms with E-state index in [1.165, 1.54) is 25.7 Å². The van der Waals surface area contributed by atoms with Crippen LogP contribution in [0.3, 0.4) is 0 Å². The van der Waals surface area contributed by atoms with Gasteiger partial charge in [0, 0.05) is 24.9 Å². The molecule has 0 atom stereocenters. The smallest absolute Gasteiger partial charge is 0.248 e. The molecule has 0 aromatic rings. The summed E-state index contributed by atoms with van der Waals surface area (Å²) in [6.07, 6.45) is 8.46. The van der Waals surface area contributed by atoms with Gasteiger partial charge in [0.15, 0.2) is 10.9 Å². The third kappa shape index (κ3) is 2.45. The van der Waals surface area contributed by atoms with E-state index in [1.54, 1.807) is 0 Å². The van der Waals surface area contributed by atoms with Gasteiger partial charge in [-0.25, -0.2) is 0 Å². The summed E-state index contributed by atoms with van der Waals surface area (Å²) in [5.41, 5.74) is 0. The minimum Gasteiger partial charge on any atom is -0.348 e. The van der Waals surface area contributed by atoms with Crippen molar-refractivity contribution in [3.63, 3.8) is 0 Å². The fourth-order valence-electron chi connectivity index (χ4n) is 4.48. The molecule has 1 spiro atoms. The first-order valence-electron chi connectivity index (χ1n) is 8.59. The molecule has 2 saturated heterocycles. The van der Waals surface area contributed by atoms with Crippen LogP contribution in [0.4, 0.5) is 0 Å². The summed E-state index contributed by atoms with van der Waals surface area (Å²) in [6, 6.07) is 0.711. The third-order valence-electron chi connectivity index (χ3n) is 5.69. The van der Waals surface area contributed by atoms with Gasteiger partial charge in [0.25, 0.3) is 0 Å². The molecule has 1 amide bonds. The summed E-state index contributed by atoms with van der Waals surface area (Å²) in [4.78, 5) is 16.6. The van der Waals surface area contributed by atoms with Gasteiger partial charge in [0.1, 0.15) is 0 Å². The second-order valence-corrected chi connectivity index (χ2v) is 7.32. The van der Waals surface area contributed by atoms with Crippen molar-refractivity contribution >= 4 is 23.2 Å². The molecule has 6 heteroatoms. The molecular formula is C16H24N2O3S. The number of carbonyl (C=O) groups is 1. The van der Waals surface area contributed by atoms with Gasteiger partial charge in [0.05, 0.1) is 19.8 Å². The predicted octanol–water partition coefficient (Wildman–Crippen LogP) is 2.04. The molecule has 0 aromatic carbocycles. The fourth-order valence-corrected chi connectivity index (χ4v) is 4.95. The van der Waals surface area contributed by atoms with Crippen LogP contribution in [0.5, 0.6) is 0 Å². The molecule has 0 bridgehead atoms. The van der Waals surface area contributed by atoms with Crippen LogP contribution in [0.25, 0.3) is 0 Å². The molecule has 4 aliphatic rings. The van der Waals surface area contributed by atoms with E-state index in [1.807, 2.05) is 4.90 Å². The van der Waals surface area contributed by atoms with Crippen molar-refractivity contribution in [3.05, 3.63) is 0 Å². The Morgan fingerprint density at radius 3 is 2.27 bits per heavy atom. The Morgan fingerprint density at radius 1 is 1.00 bits per heavy atom. The SMILES string of the molecule is O=C1CN(C2CCCC2)C(=S)N1C1CCC2(CC1)OCCO2. The monoisotopic (exact) mass is 324 g/mol. The first kappa shape index (κ1) is 14.8. The van der Waals surface area contributed by atoms with E-state index in [0.717, 1.165) is 30.8 Å². The second kappa shape index (κ2) is 5.73. The van der Waals surface area contributed by atoms with Gasteiger partial charge in [-0.05, 0) is 37.9 Å². The Bertz CT molecular complexity index is 462. The van der Waals surface area contributed by atoms with E-state index in [4.69, 9.17) is 21.7 Å². The summed E-state index contributed by atoms with van der Waals surface area (Å²) in [7, 11) is 0. The topological polar surface area (TPSA) is 42.0 Å². The van der Waals surface area contributed by atoms with Crippen LogP contribution in [0.15, 0.2) is 0 Å². The molecule has 2 aliphatic heterocycles. The van der Waals surface area contributed by atoms with Crippen LogP contribution in [0.1, 0.15) is 51.4 Å². The fraction of sp³-hybridized carbons (Fsp3) is 0.875. The number of rotatable bonds is 2. The standard InChI is InChI=1S/C16H24N2O3S/c19-14-11-17(12-3-1-2-4-12)15(22)18(14)13-5-7-16(8-6-13)20-9-10-21-16/h12-13H,1-11H2. The maximum atomic E-state index is 12.5. The Labute approximate surface area is 136 Å². The van der Waals surface area contributed by atoms with Crippen LogP contribution in [0, 0.1) is 0 Å². The molecule has 0 radical (unpaired) electrons. The molecule has 2 heterocycles. The second-order valence-electron chi connectivity index (χ2n) is 6.95. The molecule has 2 saturated carbocycles. The van der Waals surface area contributed by atoms with E-state index >= 15 is 0 Å². The van der Waals surface area contributed by atoms with Gasteiger partial charge in [-0.15, -0.1) is 0 Å². The first-order valence-corrected chi connectivity index (χ1v) is 9.00. The highest BCUT2D eigenvalue weighted by molar-refractivity contribution is 7.80. The van der Waals surface area contributed by atoms with Crippen molar-refractivity contribution in [2.45, 2.75) is 69.2 Å². The lowest BCUT2D eigenvalue weighted by Gasteiger charge is -2.39. The van der Waals surface area contributed by atoms with E-state index in [-0.39, 0.29) is 17.7 Å². The summed E-state index contributed by atoms with van der Waals surface area (Å²) < 4.78 is 11.6. The molecular weight excluding hydrogens is 300 g/mol. The number of amides is 1. The van der Waals surface area contributed by atoms with Gasteiger partial charge < -0.3 is 14.4 Å². The molecule has 4 rings (SSSR count). The lowest BCUT2D eigenvalue weighted by atomic mass is 9.89. The van der Waals surface area contributed by atoms with Crippen LogP contribution in [-0.2, 0) is 14.3 Å². The largest absolute Gasteiger partial charge is 0.348 e. The molecule has 0 aromatic heterocycles. The summed E-state index contributed by atoms with van der Waals surface area (Å²) in [5.74, 6) is -0.183. The average molecular weight is 324 g/mol. The first-order chi connectivity index (χ1) is 10.7. The van der Waals surface area contributed by atoms with Crippen molar-refractivity contribution < 1.29 is 14.3 Å². The van der Waals surface area contributed by atoms with E-state index in [9.17, 15) is 4.79 Å². The molecule has 4 fully saturated rings. The Balaban J connectivity index is 1.42. The summed E-state index contributed by atoms with van der Waals surface area (Å²) in [6.45, 7) is 1.88. The van der Waals surface area contributed by atoms with E-state index in [2.05, 4.69) is 4.90 Å². The van der Waals surface area contributed by atoms with Crippen LogP contribution < -0.4 is 0 Å². The zero-order valence-electron chi connectivity index (χ0n) is 13.0. The normalized spacial score (nSPS) is 30.2. The number of hydrogen-bond acceptors (Lipinski definition) is 4. The van der Waals surface area contributed by atoms with Gasteiger partial charge in [0.2, 0.25) is 5.91 Å². The van der Waals surface area contributed by atoms with Gasteiger partial charge in [-0.2, -0.15) is 0 Å². The maximum Gasteiger partial charge on any atom is 0.248 e. The summed E-state index contributed by atoms with van der Waals surface area (Å²) in [5, 5.41) is 0.770. The van der Waals surface area contributed by atoms with Crippen molar-refractivity contribution in [3.8, 4) is 0 Å².